The Morgan fingerprint density at radius 2 is 2.07 bits per heavy atom. The highest BCUT2D eigenvalue weighted by Crippen LogP contribution is 2.21. The lowest BCUT2D eigenvalue weighted by molar-refractivity contribution is 0.0477. The second-order valence-electron chi connectivity index (χ2n) is 4.80. The van der Waals surface area contributed by atoms with Crippen LogP contribution in [0.25, 0.3) is 0 Å². The fraction of sp³-hybridized carbons (Fsp3) is 1.00. The Morgan fingerprint density at radius 1 is 1.29 bits per heavy atom. The van der Waals surface area contributed by atoms with Crippen molar-refractivity contribution in [3.05, 3.63) is 0 Å². The van der Waals surface area contributed by atoms with Crippen LogP contribution in [0.15, 0.2) is 0 Å². The number of β-amino-alcohol motifs (C(OH)–C–C–N with tert-alkyl or cyclic N) is 1. The van der Waals surface area contributed by atoms with Crippen LogP contribution in [0.2, 0.25) is 0 Å². The quantitative estimate of drug-likeness (QED) is 0.694. The summed E-state index contributed by atoms with van der Waals surface area (Å²) in [6, 6.07) is 0. The Hall–Kier alpha value is -0.120. The van der Waals surface area contributed by atoms with E-state index >= 15 is 0 Å². The van der Waals surface area contributed by atoms with Crippen LogP contribution in [0.3, 0.4) is 0 Å². The lowest BCUT2D eigenvalue weighted by Crippen LogP contribution is -2.32. The minimum absolute atomic E-state index is 0.389. The zero-order valence-corrected chi connectivity index (χ0v) is 8.97. The number of hydrogen-bond acceptors (Lipinski definition) is 3. The van der Waals surface area contributed by atoms with Crippen molar-refractivity contribution >= 4 is 0 Å². The van der Waals surface area contributed by atoms with Crippen molar-refractivity contribution < 1.29 is 5.11 Å². The molecule has 1 unspecified atom stereocenters. The van der Waals surface area contributed by atoms with E-state index in [1.807, 2.05) is 0 Å². The Labute approximate surface area is 86.5 Å². The molecule has 2 aliphatic rings. The molecule has 0 aromatic heterocycles. The zero-order chi connectivity index (χ0) is 9.86. The first kappa shape index (κ1) is 10.4. The smallest absolute Gasteiger partial charge is 0.0784 e. The number of hydrogen-bond donors (Lipinski definition) is 2. The Kier molecular flexibility index (Phi) is 3.42. The van der Waals surface area contributed by atoms with Gasteiger partial charge in [0.25, 0.3) is 0 Å². The van der Waals surface area contributed by atoms with Crippen LogP contribution in [0, 0.1) is 0 Å². The molecule has 3 nitrogen and oxygen atoms in total. The third-order valence-corrected chi connectivity index (χ3v) is 3.54. The van der Waals surface area contributed by atoms with Crippen LogP contribution in [-0.4, -0.2) is 48.3 Å². The maximum atomic E-state index is 10.1. The second kappa shape index (κ2) is 4.60. The average Bonchev–Trinajstić information content (AvgIpc) is 2.77. The van der Waals surface area contributed by atoms with E-state index in [1.165, 1.54) is 32.5 Å². The molecule has 14 heavy (non-hydrogen) atoms. The van der Waals surface area contributed by atoms with Crippen molar-refractivity contribution in [2.75, 3.05) is 32.7 Å². The summed E-state index contributed by atoms with van der Waals surface area (Å²) in [5.41, 5.74) is -0.389. The van der Waals surface area contributed by atoms with Crippen LogP contribution in [0.4, 0.5) is 0 Å². The van der Waals surface area contributed by atoms with Crippen LogP contribution >= 0.6 is 0 Å². The molecule has 0 aromatic carbocycles. The minimum Gasteiger partial charge on any atom is -0.389 e. The molecule has 0 bridgehead atoms. The van der Waals surface area contributed by atoms with Gasteiger partial charge in [-0.3, -0.25) is 0 Å². The van der Waals surface area contributed by atoms with Crippen LogP contribution in [-0.2, 0) is 0 Å². The van der Waals surface area contributed by atoms with Crippen molar-refractivity contribution in [2.45, 2.75) is 37.7 Å². The molecule has 2 fully saturated rings. The molecule has 0 spiro atoms. The normalized spacial score (nSPS) is 34.1. The molecule has 2 saturated heterocycles. The Balaban J connectivity index is 1.61. The highest BCUT2D eigenvalue weighted by Gasteiger charge is 2.30. The molecule has 2 rings (SSSR count). The highest BCUT2D eigenvalue weighted by atomic mass is 16.3. The largest absolute Gasteiger partial charge is 0.389 e. The van der Waals surface area contributed by atoms with Gasteiger partial charge < -0.3 is 15.3 Å². The van der Waals surface area contributed by atoms with E-state index in [-0.39, 0.29) is 5.60 Å². The fourth-order valence-electron chi connectivity index (χ4n) is 2.58. The second-order valence-corrected chi connectivity index (χ2v) is 4.80. The minimum atomic E-state index is -0.389. The Bertz CT molecular complexity index is 172. The van der Waals surface area contributed by atoms with Gasteiger partial charge in [0.15, 0.2) is 0 Å². The summed E-state index contributed by atoms with van der Waals surface area (Å²) in [5, 5.41) is 13.3. The van der Waals surface area contributed by atoms with E-state index < -0.39 is 0 Å². The number of rotatable bonds is 4. The van der Waals surface area contributed by atoms with Crippen molar-refractivity contribution in [2.24, 2.45) is 0 Å². The van der Waals surface area contributed by atoms with Gasteiger partial charge in [0.2, 0.25) is 0 Å². The lowest BCUT2D eigenvalue weighted by Gasteiger charge is -2.22. The molecule has 0 aliphatic carbocycles. The summed E-state index contributed by atoms with van der Waals surface area (Å²) in [5.74, 6) is 0. The van der Waals surface area contributed by atoms with Crippen molar-refractivity contribution in [3.63, 3.8) is 0 Å². The third kappa shape index (κ3) is 2.69. The van der Waals surface area contributed by atoms with E-state index in [2.05, 4.69) is 10.2 Å². The lowest BCUT2D eigenvalue weighted by atomic mass is 9.97. The summed E-state index contributed by atoms with van der Waals surface area (Å²) in [6.45, 7) is 5.52. The molecule has 0 radical (unpaired) electrons. The third-order valence-electron chi connectivity index (χ3n) is 3.54. The molecule has 1 atom stereocenters. The molecule has 3 heteroatoms. The molecule has 82 valence electrons. The van der Waals surface area contributed by atoms with E-state index in [4.69, 9.17) is 0 Å². The van der Waals surface area contributed by atoms with Gasteiger partial charge in [0, 0.05) is 6.54 Å². The first-order valence-electron chi connectivity index (χ1n) is 5.94. The van der Waals surface area contributed by atoms with E-state index in [9.17, 15) is 5.11 Å². The molecule has 2 N–H and O–H groups in total. The molecule has 2 aliphatic heterocycles. The first-order chi connectivity index (χ1) is 6.79. The van der Waals surface area contributed by atoms with Crippen LogP contribution < -0.4 is 5.32 Å². The molecule has 2 heterocycles. The number of likely N-dealkylation sites (tertiary alicyclic amines) is 1. The van der Waals surface area contributed by atoms with E-state index in [0.717, 1.165) is 32.4 Å². The van der Waals surface area contributed by atoms with Gasteiger partial charge in [-0.1, -0.05) is 0 Å². The Morgan fingerprint density at radius 3 is 2.71 bits per heavy atom. The van der Waals surface area contributed by atoms with Gasteiger partial charge in [0.1, 0.15) is 0 Å². The van der Waals surface area contributed by atoms with Crippen molar-refractivity contribution in [3.8, 4) is 0 Å². The summed E-state index contributed by atoms with van der Waals surface area (Å²) in [4.78, 5) is 2.52. The summed E-state index contributed by atoms with van der Waals surface area (Å²) in [7, 11) is 0. The molecular formula is C11H22N2O. The molecule has 0 saturated carbocycles. The van der Waals surface area contributed by atoms with Gasteiger partial charge in [-0.2, -0.15) is 0 Å². The van der Waals surface area contributed by atoms with Gasteiger partial charge in [0.05, 0.1) is 5.60 Å². The van der Waals surface area contributed by atoms with Crippen molar-refractivity contribution in [1.82, 2.24) is 10.2 Å². The number of aliphatic hydroxyl groups is 1. The standard InChI is InChI=1S/C11H22N2O/c14-11(5-6-12-10-11)4-3-9-13-7-1-2-8-13/h12,14H,1-10H2. The predicted molar refractivity (Wildman–Crippen MR) is 57.3 cm³/mol. The monoisotopic (exact) mass is 198 g/mol. The first-order valence-corrected chi connectivity index (χ1v) is 5.94. The van der Waals surface area contributed by atoms with Crippen LogP contribution in [0.5, 0.6) is 0 Å². The van der Waals surface area contributed by atoms with E-state index in [0.29, 0.717) is 0 Å². The zero-order valence-electron chi connectivity index (χ0n) is 8.97. The predicted octanol–water partition coefficient (Wildman–Crippen LogP) is 0.587. The van der Waals surface area contributed by atoms with Gasteiger partial charge >= 0.3 is 0 Å². The summed E-state index contributed by atoms with van der Waals surface area (Å²) < 4.78 is 0. The number of nitrogens with zero attached hydrogens (tertiary/aromatic N) is 1. The average molecular weight is 198 g/mol. The maximum absolute atomic E-state index is 10.1. The molecule has 0 aromatic rings. The van der Waals surface area contributed by atoms with Gasteiger partial charge in [-0.05, 0) is 58.3 Å². The maximum Gasteiger partial charge on any atom is 0.0784 e. The van der Waals surface area contributed by atoms with Crippen molar-refractivity contribution in [1.29, 1.82) is 0 Å². The van der Waals surface area contributed by atoms with Gasteiger partial charge in [-0.25, -0.2) is 0 Å². The summed E-state index contributed by atoms with van der Waals surface area (Å²) >= 11 is 0. The number of nitrogens with one attached hydrogen (secondary N) is 1. The summed E-state index contributed by atoms with van der Waals surface area (Å²) in [6.07, 6.45) is 5.79. The SMILES string of the molecule is OC1(CCCN2CCCC2)CCNC1. The topological polar surface area (TPSA) is 35.5 Å². The molecule has 0 amide bonds. The highest BCUT2D eigenvalue weighted by molar-refractivity contribution is 4.87. The fourth-order valence-corrected chi connectivity index (χ4v) is 2.58. The van der Waals surface area contributed by atoms with Gasteiger partial charge in [-0.15, -0.1) is 0 Å². The molecular weight excluding hydrogens is 176 g/mol. The van der Waals surface area contributed by atoms with Crippen LogP contribution in [0.1, 0.15) is 32.1 Å². The van der Waals surface area contributed by atoms with E-state index in [1.54, 1.807) is 0 Å².